The fourth-order valence-corrected chi connectivity index (χ4v) is 3.58. The van der Waals surface area contributed by atoms with E-state index in [2.05, 4.69) is 25.3 Å². The molecular formula is C14H13ClN6S2. The third kappa shape index (κ3) is 4.54. The highest BCUT2D eigenvalue weighted by Crippen LogP contribution is 2.25. The lowest BCUT2D eigenvalue weighted by molar-refractivity contribution is 0.981. The number of aryl methyl sites for hydroxylation is 1. The van der Waals surface area contributed by atoms with Crippen molar-refractivity contribution in [1.29, 1.82) is 0 Å². The molecule has 0 fully saturated rings. The Kier molecular flexibility index (Phi) is 4.94. The van der Waals surface area contributed by atoms with Crippen LogP contribution in [-0.2, 0) is 5.75 Å². The van der Waals surface area contributed by atoms with Gasteiger partial charge in [0.2, 0.25) is 11.9 Å². The summed E-state index contributed by atoms with van der Waals surface area (Å²) in [7, 11) is 0. The van der Waals surface area contributed by atoms with Gasteiger partial charge in [0.15, 0.2) is 4.34 Å². The quantitative estimate of drug-likeness (QED) is 0.663. The lowest BCUT2D eigenvalue weighted by atomic mass is 10.3. The highest BCUT2D eigenvalue weighted by atomic mass is 35.5. The molecule has 0 saturated heterocycles. The Labute approximate surface area is 146 Å². The van der Waals surface area contributed by atoms with Crippen molar-refractivity contribution in [1.82, 2.24) is 19.9 Å². The average molecular weight is 365 g/mol. The topological polar surface area (TPSA) is 89.6 Å². The van der Waals surface area contributed by atoms with E-state index in [-0.39, 0.29) is 5.95 Å². The standard InChI is InChI=1S/C14H13ClN6S2/c1-8-6-22-14(17-8)23-7-11-19-12(16)21-13(20-11)18-10-4-2-9(15)3-5-10/h2-6H,7H2,1H3,(H3,16,18,19,20,21). The van der Waals surface area contributed by atoms with Crippen molar-refractivity contribution >= 4 is 52.3 Å². The molecule has 0 aliphatic heterocycles. The van der Waals surface area contributed by atoms with E-state index in [0.717, 1.165) is 15.7 Å². The molecule has 118 valence electrons. The molecule has 9 heteroatoms. The van der Waals surface area contributed by atoms with Crippen LogP contribution in [-0.4, -0.2) is 19.9 Å². The van der Waals surface area contributed by atoms with Gasteiger partial charge in [-0.15, -0.1) is 11.3 Å². The summed E-state index contributed by atoms with van der Waals surface area (Å²) < 4.78 is 0.980. The maximum absolute atomic E-state index is 5.87. The van der Waals surface area contributed by atoms with E-state index >= 15 is 0 Å². The number of nitrogens with one attached hydrogen (secondary N) is 1. The Morgan fingerprint density at radius 1 is 1.17 bits per heavy atom. The number of halogens is 1. The van der Waals surface area contributed by atoms with Crippen molar-refractivity contribution in [3.05, 3.63) is 46.2 Å². The molecule has 1 aromatic carbocycles. The number of hydrogen-bond donors (Lipinski definition) is 2. The summed E-state index contributed by atoms with van der Waals surface area (Å²) in [5, 5.41) is 5.77. The fraction of sp³-hybridized carbons (Fsp3) is 0.143. The van der Waals surface area contributed by atoms with Gasteiger partial charge in [0.05, 0.1) is 5.75 Å². The molecule has 0 atom stereocenters. The monoisotopic (exact) mass is 364 g/mol. The molecule has 3 N–H and O–H groups in total. The van der Waals surface area contributed by atoms with Crippen molar-refractivity contribution in [3.8, 4) is 0 Å². The van der Waals surface area contributed by atoms with Gasteiger partial charge in [-0.2, -0.15) is 15.0 Å². The van der Waals surface area contributed by atoms with E-state index in [1.807, 2.05) is 24.4 Å². The second-order valence-electron chi connectivity index (χ2n) is 4.61. The van der Waals surface area contributed by atoms with Gasteiger partial charge in [-0.25, -0.2) is 4.98 Å². The number of hydrogen-bond acceptors (Lipinski definition) is 8. The minimum Gasteiger partial charge on any atom is -0.368 e. The Morgan fingerprint density at radius 3 is 2.65 bits per heavy atom. The van der Waals surface area contributed by atoms with Crippen LogP contribution in [0.25, 0.3) is 0 Å². The van der Waals surface area contributed by atoms with Crippen molar-refractivity contribution in [2.75, 3.05) is 11.1 Å². The number of nitrogens with two attached hydrogens (primary N) is 1. The van der Waals surface area contributed by atoms with Gasteiger partial charge in [0.25, 0.3) is 0 Å². The first-order valence-electron chi connectivity index (χ1n) is 6.66. The summed E-state index contributed by atoms with van der Waals surface area (Å²) in [5.74, 6) is 1.77. The highest BCUT2D eigenvalue weighted by molar-refractivity contribution is 8.00. The van der Waals surface area contributed by atoms with Crippen LogP contribution in [0.5, 0.6) is 0 Å². The summed E-state index contributed by atoms with van der Waals surface area (Å²) in [5.41, 5.74) is 7.60. The van der Waals surface area contributed by atoms with Crippen LogP contribution in [0.1, 0.15) is 11.5 Å². The lowest BCUT2D eigenvalue weighted by Gasteiger charge is -2.07. The lowest BCUT2D eigenvalue weighted by Crippen LogP contribution is -2.06. The third-order valence-electron chi connectivity index (χ3n) is 2.72. The summed E-state index contributed by atoms with van der Waals surface area (Å²) in [6, 6.07) is 7.26. The van der Waals surface area contributed by atoms with Gasteiger partial charge in [-0.3, -0.25) is 0 Å². The maximum Gasteiger partial charge on any atom is 0.232 e. The maximum atomic E-state index is 5.87. The van der Waals surface area contributed by atoms with Gasteiger partial charge >= 0.3 is 0 Å². The Balaban J connectivity index is 1.72. The molecule has 0 aliphatic carbocycles. The van der Waals surface area contributed by atoms with E-state index in [9.17, 15) is 0 Å². The number of rotatable bonds is 5. The molecule has 3 rings (SSSR count). The Morgan fingerprint density at radius 2 is 1.96 bits per heavy atom. The number of benzene rings is 1. The SMILES string of the molecule is Cc1csc(SCc2nc(N)nc(Nc3ccc(Cl)cc3)n2)n1. The first kappa shape index (κ1) is 16.0. The number of anilines is 3. The third-order valence-corrected chi connectivity index (χ3v) is 5.11. The van der Waals surface area contributed by atoms with E-state index in [0.29, 0.717) is 22.5 Å². The van der Waals surface area contributed by atoms with Gasteiger partial charge < -0.3 is 11.1 Å². The van der Waals surface area contributed by atoms with Gasteiger partial charge in [0.1, 0.15) is 5.82 Å². The van der Waals surface area contributed by atoms with Crippen LogP contribution in [0.3, 0.4) is 0 Å². The molecule has 0 aliphatic rings. The summed E-state index contributed by atoms with van der Waals surface area (Å²) in [4.78, 5) is 17.0. The van der Waals surface area contributed by atoms with E-state index in [1.54, 1.807) is 35.2 Å². The molecule has 0 unspecified atom stereocenters. The molecule has 0 spiro atoms. The van der Waals surface area contributed by atoms with E-state index in [1.165, 1.54) is 0 Å². The largest absolute Gasteiger partial charge is 0.368 e. The first-order valence-corrected chi connectivity index (χ1v) is 8.91. The van der Waals surface area contributed by atoms with Gasteiger partial charge in [0, 0.05) is 21.8 Å². The molecule has 6 nitrogen and oxygen atoms in total. The Hall–Kier alpha value is -1.90. The number of aromatic nitrogens is 4. The normalized spacial score (nSPS) is 10.7. The van der Waals surface area contributed by atoms with Crippen molar-refractivity contribution < 1.29 is 0 Å². The fourth-order valence-electron chi connectivity index (χ4n) is 1.75. The zero-order chi connectivity index (χ0) is 16.2. The zero-order valence-electron chi connectivity index (χ0n) is 12.2. The van der Waals surface area contributed by atoms with Crippen LogP contribution >= 0.6 is 34.7 Å². The van der Waals surface area contributed by atoms with Gasteiger partial charge in [-0.1, -0.05) is 23.4 Å². The van der Waals surface area contributed by atoms with Crippen molar-refractivity contribution in [3.63, 3.8) is 0 Å². The Bertz CT molecular complexity index is 805. The molecular weight excluding hydrogens is 352 g/mol. The summed E-state index contributed by atoms with van der Waals surface area (Å²) in [6.07, 6.45) is 0. The van der Waals surface area contributed by atoms with Crippen molar-refractivity contribution in [2.45, 2.75) is 17.0 Å². The minimum absolute atomic E-state index is 0.183. The molecule has 3 aromatic rings. The first-order chi connectivity index (χ1) is 11.1. The van der Waals surface area contributed by atoms with Crippen LogP contribution in [0.2, 0.25) is 5.02 Å². The molecule has 0 amide bonds. The van der Waals surface area contributed by atoms with E-state index in [4.69, 9.17) is 17.3 Å². The number of nitrogens with zero attached hydrogens (tertiary/aromatic N) is 4. The molecule has 0 bridgehead atoms. The molecule has 0 saturated carbocycles. The highest BCUT2D eigenvalue weighted by Gasteiger charge is 2.07. The van der Waals surface area contributed by atoms with Crippen molar-refractivity contribution in [2.24, 2.45) is 0 Å². The summed E-state index contributed by atoms with van der Waals surface area (Å²) in [6.45, 7) is 1.97. The second kappa shape index (κ2) is 7.12. The molecule has 23 heavy (non-hydrogen) atoms. The van der Waals surface area contributed by atoms with Crippen LogP contribution < -0.4 is 11.1 Å². The predicted molar refractivity (Wildman–Crippen MR) is 95.4 cm³/mol. The van der Waals surface area contributed by atoms with Gasteiger partial charge in [-0.05, 0) is 31.2 Å². The second-order valence-corrected chi connectivity index (χ2v) is 7.13. The summed E-state index contributed by atoms with van der Waals surface area (Å²) >= 11 is 9.05. The predicted octanol–water partition coefficient (Wildman–Crippen LogP) is 3.91. The van der Waals surface area contributed by atoms with Crippen LogP contribution in [0.4, 0.5) is 17.6 Å². The molecule has 0 radical (unpaired) electrons. The zero-order valence-corrected chi connectivity index (χ0v) is 14.5. The average Bonchev–Trinajstić information content (AvgIpc) is 2.93. The number of nitrogen functional groups attached to an aromatic ring is 1. The van der Waals surface area contributed by atoms with Crippen LogP contribution in [0.15, 0.2) is 34.0 Å². The molecule has 2 aromatic heterocycles. The minimum atomic E-state index is 0.183. The number of thioether (sulfide) groups is 1. The van der Waals surface area contributed by atoms with E-state index < -0.39 is 0 Å². The molecule has 2 heterocycles. The van der Waals surface area contributed by atoms with Crippen LogP contribution in [0, 0.1) is 6.92 Å². The smallest absolute Gasteiger partial charge is 0.232 e. The number of thiazole rings is 1.